The molecular formula is C13H14ClN3O2. The fraction of sp³-hybridized carbons (Fsp3) is 0.462. The lowest BCUT2D eigenvalue weighted by Gasteiger charge is -2.33. The van der Waals surface area contributed by atoms with Crippen LogP contribution in [0.2, 0.25) is 0 Å². The average Bonchev–Trinajstić information content (AvgIpc) is 2.87. The number of carbonyl (C=O) groups is 1. The second-order valence-electron chi connectivity index (χ2n) is 4.74. The van der Waals surface area contributed by atoms with Gasteiger partial charge in [0.1, 0.15) is 12.1 Å². The highest BCUT2D eigenvalue weighted by Crippen LogP contribution is 2.37. The summed E-state index contributed by atoms with van der Waals surface area (Å²) < 4.78 is 0. The van der Waals surface area contributed by atoms with Crippen molar-refractivity contribution in [3.63, 3.8) is 0 Å². The van der Waals surface area contributed by atoms with E-state index in [1.807, 2.05) is 6.07 Å². The third-order valence-corrected chi connectivity index (χ3v) is 3.88. The van der Waals surface area contributed by atoms with E-state index in [0.29, 0.717) is 23.6 Å². The number of Topliss-reactive ketones (excluding diaryl/α,β-unsaturated/α-hetero) is 1. The number of benzene rings is 1. The van der Waals surface area contributed by atoms with E-state index in [1.54, 1.807) is 23.2 Å². The van der Waals surface area contributed by atoms with Crippen LogP contribution in [0.3, 0.4) is 0 Å². The van der Waals surface area contributed by atoms with Gasteiger partial charge in [0, 0.05) is 18.0 Å². The van der Waals surface area contributed by atoms with E-state index in [0.717, 1.165) is 6.42 Å². The van der Waals surface area contributed by atoms with Gasteiger partial charge in [-0.15, -0.1) is 11.6 Å². The van der Waals surface area contributed by atoms with E-state index in [4.69, 9.17) is 11.6 Å². The van der Waals surface area contributed by atoms with Gasteiger partial charge in [-0.25, -0.2) is 0 Å². The molecule has 100 valence electrons. The van der Waals surface area contributed by atoms with Gasteiger partial charge in [-0.1, -0.05) is 29.5 Å². The van der Waals surface area contributed by atoms with Crippen molar-refractivity contribution in [2.45, 2.75) is 24.6 Å². The van der Waals surface area contributed by atoms with Crippen LogP contribution < -0.4 is 0 Å². The number of fused-ring (bicyclic) bond motifs is 2. The molecule has 0 saturated heterocycles. The highest BCUT2D eigenvalue weighted by Gasteiger charge is 2.47. The van der Waals surface area contributed by atoms with Gasteiger partial charge in [-0.05, 0) is 12.0 Å². The summed E-state index contributed by atoms with van der Waals surface area (Å²) in [5.74, 6) is 0.451. The maximum atomic E-state index is 12.3. The predicted molar refractivity (Wildman–Crippen MR) is 70.2 cm³/mol. The monoisotopic (exact) mass is 279 g/mol. The van der Waals surface area contributed by atoms with Crippen molar-refractivity contribution in [2.24, 2.45) is 10.3 Å². The Morgan fingerprint density at radius 3 is 2.95 bits per heavy atom. The maximum Gasteiger partial charge on any atom is 0.191 e. The van der Waals surface area contributed by atoms with Crippen molar-refractivity contribution in [1.29, 1.82) is 0 Å². The molecule has 1 aliphatic carbocycles. The van der Waals surface area contributed by atoms with Gasteiger partial charge in [-0.3, -0.25) is 9.80 Å². The summed E-state index contributed by atoms with van der Waals surface area (Å²) in [6.45, 7) is 0.598. The number of rotatable bonds is 3. The Hall–Kier alpha value is -1.46. The van der Waals surface area contributed by atoms with Crippen LogP contribution >= 0.6 is 11.6 Å². The summed E-state index contributed by atoms with van der Waals surface area (Å²) in [6.07, 6.45) is -0.00367. The molecule has 0 spiro atoms. The standard InChI is InChI=1S/C13H14ClN3O2/c14-6-3-7-17-11-10(15-16-17)12(18)8-4-1-2-5-9(8)13(11)19/h1-2,4-5,10-11,13,19H,3,6-7H2. The second-order valence-corrected chi connectivity index (χ2v) is 5.12. The summed E-state index contributed by atoms with van der Waals surface area (Å²) in [7, 11) is 0. The van der Waals surface area contributed by atoms with Gasteiger partial charge >= 0.3 is 0 Å². The molecule has 1 N–H and O–H groups in total. The molecule has 1 aromatic carbocycles. The normalized spacial score (nSPS) is 28.4. The summed E-state index contributed by atoms with van der Waals surface area (Å²) in [5, 5.41) is 20.2. The number of aliphatic hydroxyl groups excluding tert-OH is 1. The lowest BCUT2D eigenvalue weighted by molar-refractivity contribution is 0.0434. The number of alkyl halides is 1. The highest BCUT2D eigenvalue weighted by atomic mass is 35.5. The lowest BCUT2D eigenvalue weighted by atomic mass is 9.81. The van der Waals surface area contributed by atoms with Gasteiger partial charge in [0.2, 0.25) is 0 Å². The van der Waals surface area contributed by atoms with Crippen molar-refractivity contribution in [3.05, 3.63) is 35.4 Å². The Balaban J connectivity index is 1.94. The van der Waals surface area contributed by atoms with Crippen molar-refractivity contribution >= 4 is 17.4 Å². The molecule has 2 aliphatic rings. The molecule has 0 amide bonds. The van der Waals surface area contributed by atoms with Gasteiger partial charge in [-0.2, -0.15) is 5.11 Å². The minimum absolute atomic E-state index is 0.0666. The third kappa shape index (κ3) is 1.93. The SMILES string of the molecule is O=C1c2ccccc2C(O)C2C1N=NN2CCCCl. The van der Waals surface area contributed by atoms with Crippen LogP contribution in [-0.4, -0.2) is 40.4 Å². The number of halogens is 1. The fourth-order valence-electron chi connectivity index (χ4n) is 2.69. The number of hydrogen-bond donors (Lipinski definition) is 1. The molecule has 0 fully saturated rings. The average molecular weight is 280 g/mol. The minimum atomic E-state index is -0.746. The van der Waals surface area contributed by atoms with Crippen LogP contribution in [0.5, 0.6) is 0 Å². The van der Waals surface area contributed by atoms with Crippen LogP contribution in [0.15, 0.2) is 34.6 Å². The Morgan fingerprint density at radius 2 is 2.16 bits per heavy atom. The highest BCUT2D eigenvalue weighted by molar-refractivity contribution is 6.17. The number of nitrogens with zero attached hydrogens (tertiary/aromatic N) is 3. The molecule has 0 aromatic heterocycles. The zero-order valence-electron chi connectivity index (χ0n) is 10.2. The number of ketones is 1. The molecule has 1 aliphatic heterocycles. The first kappa shape index (κ1) is 12.6. The van der Waals surface area contributed by atoms with Gasteiger partial charge in [0.25, 0.3) is 0 Å². The van der Waals surface area contributed by atoms with Crippen LogP contribution in [0.4, 0.5) is 0 Å². The molecule has 3 rings (SSSR count). The number of carbonyl (C=O) groups excluding carboxylic acids is 1. The van der Waals surface area contributed by atoms with Crippen LogP contribution in [0.25, 0.3) is 0 Å². The summed E-state index contributed by atoms with van der Waals surface area (Å²) in [6, 6.07) is 6.13. The first-order valence-electron chi connectivity index (χ1n) is 6.28. The van der Waals surface area contributed by atoms with Crippen molar-refractivity contribution < 1.29 is 9.90 Å². The van der Waals surface area contributed by atoms with Crippen LogP contribution in [0, 0.1) is 0 Å². The summed E-state index contributed by atoms with van der Waals surface area (Å²) in [5.41, 5.74) is 1.21. The smallest absolute Gasteiger partial charge is 0.191 e. The quantitative estimate of drug-likeness (QED) is 0.860. The number of aliphatic hydroxyl groups is 1. The van der Waals surface area contributed by atoms with Gasteiger partial charge < -0.3 is 5.11 Å². The van der Waals surface area contributed by atoms with Crippen molar-refractivity contribution in [1.82, 2.24) is 5.01 Å². The molecule has 3 atom stereocenters. The lowest BCUT2D eigenvalue weighted by Crippen LogP contribution is -2.47. The van der Waals surface area contributed by atoms with Gasteiger partial charge in [0.05, 0.1) is 0 Å². The van der Waals surface area contributed by atoms with E-state index in [2.05, 4.69) is 10.3 Å². The molecule has 0 radical (unpaired) electrons. The fourth-order valence-corrected chi connectivity index (χ4v) is 2.81. The molecule has 5 nitrogen and oxygen atoms in total. The molecule has 19 heavy (non-hydrogen) atoms. The molecule has 3 unspecified atom stereocenters. The maximum absolute atomic E-state index is 12.3. The molecule has 1 aromatic rings. The largest absolute Gasteiger partial charge is 0.386 e. The van der Waals surface area contributed by atoms with Crippen molar-refractivity contribution in [3.8, 4) is 0 Å². The predicted octanol–water partition coefficient (Wildman–Crippen LogP) is 1.97. The van der Waals surface area contributed by atoms with Crippen LogP contribution in [-0.2, 0) is 0 Å². The van der Waals surface area contributed by atoms with Gasteiger partial charge in [0.15, 0.2) is 11.8 Å². The Labute approximate surface area is 115 Å². The number of hydrogen-bond acceptors (Lipinski definition) is 5. The van der Waals surface area contributed by atoms with E-state index >= 15 is 0 Å². The molecular weight excluding hydrogens is 266 g/mol. The zero-order chi connectivity index (χ0) is 13.4. The summed E-state index contributed by atoms with van der Waals surface area (Å²) >= 11 is 5.67. The molecule has 0 bridgehead atoms. The van der Waals surface area contributed by atoms with E-state index in [-0.39, 0.29) is 5.78 Å². The Bertz CT molecular complexity index is 534. The van der Waals surface area contributed by atoms with E-state index in [1.165, 1.54) is 0 Å². The Kier molecular flexibility index (Phi) is 3.24. The Morgan fingerprint density at radius 1 is 1.37 bits per heavy atom. The topological polar surface area (TPSA) is 65.3 Å². The minimum Gasteiger partial charge on any atom is -0.386 e. The second kappa shape index (κ2) is 4.90. The molecule has 1 heterocycles. The van der Waals surface area contributed by atoms with E-state index < -0.39 is 18.2 Å². The van der Waals surface area contributed by atoms with Crippen molar-refractivity contribution in [2.75, 3.05) is 12.4 Å². The third-order valence-electron chi connectivity index (χ3n) is 3.62. The van der Waals surface area contributed by atoms with Crippen LogP contribution in [0.1, 0.15) is 28.4 Å². The zero-order valence-corrected chi connectivity index (χ0v) is 11.0. The van der Waals surface area contributed by atoms with E-state index in [9.17, 15) is 9.90 Å². The molecule has 6 heteroatoms. The first-order chi connectivity index (χ1) is 9.24. The molecule has 0 saturated carbocycles. The summed E-state index contributed by atoms with van der Waals surface area (Å²) in [4.78, 5) is 12.3. The first-order valence-corrected chi connectivity index (χ1v) is 6.82.